The van der Waals surface area contributed by atoms with E-state index < -0.39 is 60.8 Å². The normalized spacial score (nSPS) is 20.5. The summed E-state index contributed by atoms with van der Waals surface area (Å²) in [4.78, 5) is 16.2. The predicted octanol–water partition coefficient (Wildman–Crippen LogP) is 3.84. The van der Waals surface area contributed by atoms with Gasteiger partial charge in [-0.2, -0.15) is 8.78 Å². The van der Waals surface area contributed by atoms with Gasteiger partial charge < -0.3 is 15.2 Å². The summed E-state index contributed by atoms with van der Waals surface area (Å²) < 4.78 is 85.7. The van der Waals surface area contributed by atoms with Crippen LogP contribution in [-0.2, 0) is 11.2 Å². The molecule has 11 heteroatoms. The van der Waals surface area contributed by atoms with E-state index >= 15 is 0 Å². The first kappa shape index (κ1) is 22.9. The van der Waals surface area contributed by atoms with Crippen molar-refractivity contribution in [3.8, 4) is 17.0 Å². The second kappa shape index (κ2) is 9.13. The number of benzene rings is 1. The van der Waals surface area contributed by atoms with Crippen molar-refractivity contribution in [1.29, 1.82) is 0 Å². The van der Waals surface area contributed by atoms with Crippen LogP contribution in [0.1, 0.15) is 24.8 Å². The molecule has 3 rings (SSSR count). The maximum Gasteiger partial charge on any atom is 0.387 e. The maximum atomic E-state index is 14.1. The Kier molecular flexibility index (Phi) is 6.73. The van der Waals surface area contributed by atoms with Gasteiger partial charge in [0.05, 0.1) is 12.5 Å². The molecule has 5 nitrogen and oxygen atoms in total. The molecule has 0 saturated heterocycles. The molecule has 1 saturated carbocycles. The van der Waals surface area contributed by atoms with Gasteiger partial charge in [0.15, 0.2) is 5.75 Å². The van der Waals surface area contributed by atoms with Gasteiger partial charge in [-0.05, 0) is 31.0 Å². The van der Waals surface area contributed by atoms with Crippen LogP contribution in [0.15, 0.2) is 30.5 Å². The number of hydrogen-bond donors (Lipinski definition) is 2. The van der Waals surface area contributed by atoms with Gasteiger partial charge in [-0.3, -0.25) is 9.78 Å². The summed E-state index contributed by atoms with van der Waals surface area (Å²) >= 11 is 0. The summed E-state index contributed by atoms with van der Waals surface area (Å²) in [5.41, 5.74) is -0.738. The van der Waals surface area contributed by atoms with Gasteiger partial charge in [0, 0.05) is 29.8 Å². The number of carbonyl (C=O) groups is 1. The fraction of sp³-hybridized carbons (Fsp3) is 0.400. The lowest BCUT2D eigenvalue weighted by atomic mass is 9.88. The number of carbonyl (C=O) groups excluding carboxylic acids is 1. The first-order chi connectivity index (χ1) is 14.6. The van der Waals surface area contributed by atoms with E-state index in [2.05, 4.69) is 9.72 Å². The molecule has 1 aromatic heterocycles. The molecule has 0 aliphatic heterocycles. The Morgan fingerprint density at radius 1 is 1.26 bits per heavy atom. The Morgan fingerprint density at radius 2 is 1.94 bits per heavy atom. The van der Waals surface area contributed by atoms with E-state index in [0.29, 0.717) is 6.07 Å². The maximum absolute atomic E-state index is 14.1. The number of amides is 1. The lowest BCUT2D eigenvalue weighted by molar-refractivity contribution is -0.136. The van der Waals surface area contributed by atoms with E-state index in [4.69, 9.17) is 0 Å². The molecule has 1 aromatic carbocycles. The third-order valence-corrected chi connectivity index (χ3v) is 4.85. The fourth-order valence-electron chi connectivity index (χ4n) is 3.49. The molecule has 1 fully saturated rings. The van der Waals surface area contributed by atoms with E-state index in [1.807, 2.05) is 5.32 Å². The Balaban J connectivity index is 1.91. The molecule has 1 amide bonds. The third-order valence-electron chi connectivity index (χ3n) is 4.85. The van der Waals surface area contributed by atoms with Crippen LogP contribution < -0.4 is 10.1 Å². The number of nitrogens with zero attached hydrogens (tertiary/aromatic N) is 1. The van der Waals surface area contributed by atoms with Crippen LogP contribution in [0.5, 0.6) is 5.75 Å². The molecule has 2 aromatic rings. The van der Waals surface area contributed by atoms with E-state index in [-0.39, 0.29) is 29.7 Å². The van der Waals surface area contributed by atoms with E-state index in [0.717, 1.165) is 24.4 Å². The van der Waals surface area contributed by atoms with Crippen molar-refractivity contribution < 1.29 is 41.0 Å². The minimum atomic E-state index is -3.35. The SMILES string of the molecule is O=C(Cc1ccnc(-c2cc(F)cc(F)c2)c1OC(F)F)N[C@@H]1[C@@H](O)CCCC1(F)F. The van der Waals surface area contributed by atoms with Gasteiger partial charge in [0.2, 0.25) is 5.91 Å². The van der Waals surface area contributed by atoms with Crippen molar-refractivity contribution in [2.75, 3.05) is 0 Å². The van der Waals surface area contributed by atoms with Crippen molar-refractivity contribution in [2.45, 2.75) is 50.4 Å². The molecule has 1 heterocycles. The number of aliphatic hydroxyl groups is 1. The van der Waals surface area contributed by atoms with Gasteiger partial charge in [-0.25, -0.2) is 17.6 Å². The molecular weight excluding hydrogens is 430 g/mol. The zero-order valence-electron chi connectivity index (χ0n) is 15.9. The zero-order valence-corrected chi connectivity index (χ0v) is 15.9. The fourth-order valence-corrected chi connectivity index (χ4v) is 3.49. The average molecular weight is 448 g/mol. The lowest BCUT2D eigenvalue weighted by Crippen LogP contribution is -2.57. The van der Waals surface area contributed by atoms with Crippen LogP contribution in [-0.4, -0.2) is 40.7 Å². The highest BCUT2D eigenvalue weighted by Gasteiger charge is 2.47. The Bertz CT molecular complexity index is 936. The van der Waals surface area contributed by atoms with Gasteiger partial charge in [-0.1, -0.05) is 0 Å². The van der Waals surface area contributed by atoms with Gasteiger partial charge in [0.1, 0.15) is 23.4 Å². The summed E-state index contributed by atoms with van der Waals surface area (Å²) in [5.74, 6) is -6.91. The number of pyridine rings is 1. The number of alkyl halides is 4. The van der Waals surface area contributed by atoms with Crippen LogP contribution in [0, 0.1) is 11.6 Å². The molecule has 31 heavy (non-hydrogen) atoms. The molecule has 0 radical (unpaired) electrons. The van der Waals surface area contributed by atoms with Crippen LogP contribution in [0.4, 0.5) is 26.3 Å². The molecule has 1 aliphatic rings. The first-order valence-corrected chi connectivity index (χ1v) is 9.31. The van der Waals surface area contributed by atoms with Crippen molar-refractivity contribution in [2.24, 2.45) is 0 Å². The quantitative estimate of drug-likeness (QED) is 0.659. The number of aliphatic hydroxyl groups excluding tert-OH is 1. The molecule has 1 aliphatic carbocycles. The van der Waals surface area contributed by atoms with E-state index in [9.17, 15) is 36.2 Å². The molecule has 0 spiro atoms. The standard InChI is InChI=1S/C20H18F6N2O3/c21-12-6-11(7-13(22)9-12)16-17(31-19(23)24)10(3-5-27-16)8-15(30)28-18-14(29)2-1-4-20(18,25)26/h3,5-7,9,14,18-19,29H,1-2,4,8H2,(H,28,30)/t14-,18+/m0/s1. The summed E-state index contributed by atoms with van der Waals surface area (Å²) in [7, 11) is 0. The molecule has 2 atom stereocenters. The van der Waals surface area contributed by atoms with Crippen molar-refractivity contribution in [3.63, 3.8) is 0 Å². The average Bonchev–Trinajstić information content (AvgIpc) is 2.65. The summed E-state index contributed by atoms with van der Waals surface area (Å²) in [6.07, 6.45) is -1.39. The number of halogens is 6. The van der Waals surface area contributed by atoms with E-state index in [1.165, 1.54) is 0 Å². The predicted molar refractivity (Wildman–Crippen MR) is 96.7 cm³/mol. The number of nitrogens with one attached hydrogen (secondary N) is 1. The smallest absolute Gasteiger partial charge is 0.387 e. The molecule has 0 bridgehead atoms. The minimum absolute atomic E-state index is 0.0742. The Labute approximate surface area is 173 Å². The lowest BCUT2D eigenvalue weighted by Gasteiger charge is -2.35. The van der Waals surface area contributed by atoms with Crippen LogP contribution in [0.3, 0.4) is 0 Å². The highest BCUT2D eigenvalue weighted by Crippen LogP contribution is 2.35. The van der Waals surface area contributed by atoms with Crippen molar-refractivity contribution in [3.05, 3.63) is 47.7 Å². The molecule has 2 N–H and O–H groups in total. The zero-order chi connectivity index (χ0) is 22.8. The van der Waals surface area contributed by atoms with Gasteiger partial charge in [-0.15, -0.1) is 0 Å². The van der Waals surface area contributed by atoms with Crippen LogP contribution >= 0.6 is 0 Å². The highest BCUT2D eigenvalue weighted by molar-refractivity contribution is 5.81. The number of hydrogen-bond acceptors (Lipinski definition) is 4. The van der Waals surface area contributed by atoms with Gasteiger partial charge >= 0.3 is 6.61 Å². The number of aromatic nitrogens is 1. The minimum Gasteiger partial charge on any atom is -0.432 e. The first-order valence-electron chi connectivity index (χ1n) is 9.31. The number of ether oxygens (including phenoxy) is 1. The van der Waals surface area contributed by atoms with Crippen molar-refractivity contribution >= 4 is 5.91 Å². The third kappa shape index (κ3) is 5.46. The molecular formula is C20H18F6N2O3. The number of rotatable bonds is 6. The topological polar surface area (TPSA) is 71.5 Å². The molecule has 168 valence electrons. The summed E-state index contributed by atoms with van der Waals surface area (Å²) in [6.45, 7) is -3.35. The van der Waals surface area contributed by atoms with Crippen LogP contribution in [0.25, 0.3) is 11.3 Å². The second-order valence-corrected chi connectivity index (χ2v) is 7.13. The summed E-state index contributed by atoms with van der Waals surface area (Å²) in [6, 6.07) is 1.57. The van der Waals surface area contributed by atoms with E-state index in [1.54, 1.807) is 0 Å². The second-order valence-electron chi connectivity index (χ2n) is 7.13. The highest BCUT2D eigenvalue weighted by atomic mass is 19.3. The van der Waals surface area contributed by atoms with Crippen LogP contribution in [0.2, 0.25) is 0 Å². The Hall–Kier alpha value is -2.82. The van der Waals surface area contributed by atoms with Gasteiger partial charge in [0.25, 0.3) is 5.92 Å². The largest absolute Gasteiger partial charge is 0.432 e. The summed E-state index contributed by atoms with van der Waals surface area (Å²) in [5, 5.41) is 11.9. The Morgan fingerprint density at radius 3 is 2.55 bits per heavy atom. The van der Waals surface area contributed by atoms with Crippen molar-refractivity contribution in [1.82, 2.24) is 10.3 Å². The molecule has 0 unspecified atom stereocenters. The monoisotopic (exact) mass is 448 g/mol.